The van der Waals surface area contributed by atoms with E-state index < -0.39 is 0 Å². The average molecular weight is 304 g/mol. The summed E-state index contributed by atoms with van der Waals surface area (Å²) in [5.41, 5.74) is 5.99. The van der Waals surface area contributed by atoms with Gasteiger partial charge < -0.3 is 5.32 Å². The third-order valence-corrected chi connectivity index (χ3v) is 4.73. The van der Waals surface area contributed by atoms with Crippen molar-refractivity contribution in [3.63, 3.8) is 0 Å². The molecule has 1 amide bonds. The van der Waals surface area contributed by atoms with Crippen molar-refractivity contribution < 1.29 is 4.79 Å². The monoisotopic (exact) mass is 304 g/mol. The van der Waals surface area contributed by atoms with Gasteiger partial charge in [0, 0.05) is 31.7 Å². The molecular formula is C20H20N2O. The molecule has 0 saturated carbocycles. The molecule has 0 bridgehead atoms. The van der Waals surface area contributed by atoms with Crippen molar-refractivity contribution in [3.8, 4) is 0 Å². The fraction of sp³-hybridized carbons (Fsp3) is 0.250. The molecule has 0 unspecified atom stereocenters. The Morgan fingerprint density at radius 1 is 0.957 bits per heavy atom. The van der Waals surface area contributed by atoms with Crippen LogP contribution < -0.4 is 5.32 Å². The maximum Gasteiger partial charge on any atom is 0.252 e. The minimum atomic E-state index is 0.0459. The molecule has 0 aromatic heterocycles. The van der Waals surface area contributed by atoms with Crippen LogP contribution in [0.5, 0.6) is 0 Å². The Kier molecular flexibility index (Phi) is 3.72. The number of hydrogen-bond acceptors (Lipinski definition) is 2. The zero-order valence-electron chi connectivity index (χ0n) is 13.1. The lowest BCUT2D eigenvalue weighted by Crippen LogP contribution is -2.34. The maximum absolute atomic E-state index is 12.3. The predicted octanol–water partition coefficient (Wildman–Crippen LogP) is 3.09. The maximum atomic E-state index is 12.3. The van der Waals surface area contributed by atoms with Gasteiger partial charge >= 0.3 is 0 Å². The Morgan fingerprint density at radius 2 is 1.70 bits per heavy atom. The standard InChI is InChI=1S/C20H20N2O/c23-20-19-9-5-4-8-18(19)17-10-11-22(14-16(17)12-21-20)13-15-6-2-1-3-7-15/h1-9H,10-14H2,(H,21,23). The van der Waals surface area contributed by atoms with Crippen molar-refractivity contribution >= 4 is 11.5 Å². The number of carbonyl (C=O) groups excluding carboxylic acids is 1. The van der Waals surface area contributed by atoms with Crippen LogP contribution >= 0.6 is 0 Å². The van der Waals surface area contributed by atoms with E-state index in [1.807, 2.05) is 18.2 Å². The van der Waals surface area contributed by atoms with Gasteiger partial charge in [-0.2, -0.15) is 0 Å². The SMILES string of the molecule is O=C1NCC2=C(CCN(Cc3ccccc3)C2)c2ccccc21. The Labute approximate surface area is 136 Å². The minimum absolute atomic E-state index is 0.0459. The summed E-state index contributed by atoms with van der Waals surface area (Å²) in [6, 6.07) is 18.6. The highest BCUT2D eigenvalue weighted by atomic mass is 16.1. The second kappa shape index (κ2) is 6.01. The van der Waals surface area contributed by atoms with E-state index in [0.29, 0.717) is 6.54 Å². The van der Waals surface area contributed by atoms with Gasteiger partial charge in [0.1, 0.15) is 0 Å². The average Bonchev–Trinajstić information content (AvgIpc) is 2.74. The number of carbonyl (C=O) groups is 1. The summed E-state index contributed by atoms with van der Waals surface area (Å²) in [4.78, 5) is 14.7. The highest BCUT2D eigenvalue weighted by Gasteiger charge is 2.26. The quantitative estimate of drug-likeness (QED) is 0.924. The van der Waals surface area contributed by atoms with Crippen LogP contribution in [0.15, 0.2) is 60.2 Å². The summed E-state index contributed by atoms with van der Waals surface area (Å²) in [6.45, 7) is 3.59. The minimum Gasteiger partial charge on any atom is -0.348 e. The van der Waals surface area contributed by atoms with Gasteiger partial charge in [-0.05, 0) is 34.8 Å². The normalized spacial score (nSPS) is 18.0. The van der Waals surface area contributed by atoms with Crippen molar-refractivity contribution in [1.82, 2.24) is 10.2 Å². The van der Waals surface area contributed by atoms with E-state index in [1.54, 1.807) is 0 Å². The van der Waals surface area contributed by atoms with Crippen LogP contribution in [0.4, 0.5) is 0 Å². The van der Waals surface area contributed by atoms with Crippen molar-refractivity contribution in [2.75, 3.05) is 19.6 Å². The molecule has 1 N–H and O–H groups in total. The zero-order chi connectivity index (χ0) is 15.6. The third-order valence-electron chi connectivity index (χ3n) is 4.73. The lowest BCUT2D eigenvalue weighted by atomic mass is 9.91. The van der Waals surface area contributed by atoms with Crippen molar-refractivity contribution in [3.05, 3.63) is 76.9 Å². The van der Waals surface area contributed by atoms with Gasteiger partial charge in [-0.3, -0.25) is 9.69 Å². The van der Waals surface area contributed by atoms with E-state index in [1.165, 1.54) is 16.7 Å². The van der Waals surface area contributed by atoms with Gasteiger partial charge in [-0.25, -0.2) is 0 Å². The Bertz CT molecular complexity index is 764. The number of nitrogens with zero attached hydrogens (tertiary/aromatic N) is 1. The number of amides is 1. The van der Waals surface area contributed by atoms with Crippen molar-refractivity contribution in [1.29, 1.82) is 0 Å². The van der Waals surface area contributed by atoms with E-state index in [9.17, 15) is 4.79 Å². The summed E-state index contributed by atoms with van der Waals surface area (Å²) < 4.78 is 0. The predicted molar refractivity (Wildman–Crippen MR) is 92.0 cm³/mol. The van der Waals surface area contributed by atoms with Crippen LogP contribution in [0.2, 0.25) is 0 Å². The Morgan fingerprint density at radius 3 is 2.52 bits per heavy atom. The molecule has 23 heavy (non-hydrogen) atoms. The first-order valence-electron chi connectivity index (χ1n) is 8.16. The van der Waals surface area contributed by atoms with E-state index in [0.717, 1.165) is 37.2 Å². The lowest BCUT2D eigenvalue weighted by Gasteiger charge is -2.30. The van der Waals surface area contributed by atoms with Gasteiger partial charge in [0.15, 0.2) is 0 Å². The van der Waals surface area contributed by atoms with Gasteiger partial charge in [-0.1, -0.05) is 48.5 Å². The van der Waals surface area contributed by atoms with E-state index in [-0.39, 0.29) is 5.91 Å². The molecule has 0 saturated heterocycles. The molecule has 0 atom stereocenters. The summed E-state index contributed by atoms with van der Waals surface area (Å²) in [5, 5.41) is 3.06. The largest absolute Gasteiger partial charge is 0.348 e. The topological polar surface area (TPSA) is 32.3 Å². The fourth-order valence-electron chi connectivity index (χ4n) is 3.58. The van der Waals surface area contributed by atoms with Crippen molar-refractivity contribution in [2.24, 2.45) is 0 Å². The molecule has 2 aromatic carbocycles. The molecule has 2 aliphatic heterocycles. The van der Waals surface area contributed by atoms with Gasteiger partial charge in [0.2, 0.25) is 0 Å². The molecule has 3 heteroatoms. The second-order valence-electron chi connectivity index (χ2n) is 6.26. The number of hydrogen-bond donors (Lipinski definition) is 1. The Balaban J connectivity index is 1.61. The van der Waals surface area contributed by atoms with Crippen LogP contribution in [0.25, 0.3) is 5.57 Å². The summed E-state index contributed by atoms with van der Waals surface area (Å²) in [7, 11) is 0. The number of nitrogens with one attached hydrogen (secondary N) is 1. The molecule has 0 aliphatic carbocycles. The number of fused-ring (bicyclic) bond motifs is 2. The van der Waals surface area contributed by atoms with Gasteiger partial charge in [0.25, 0.3) is 5.91 Å². The van der Waals surface area contributed by atoms with Crippen LogP contribution in [0.3, 0.4) is 0 Å². The van der Waals surface area contributed by atoms with E-state index in [4.69, 9.17) is 0 Å². The fourth-order valence-corrected chi connectivity index (χ4v) is 3.58. The number of benzene rings is 2. The molecule has 2 aromatic rings. The summed E-state index contributed by atoms with van der Waals surface area (Å²) in [5.74, 6) is 0.0459. The second-order valence-corrected chi connectivity index (χ2v) is 6.26. The molecule has 2 heterocycles. The van der Waals surface area contributed by atoms with Gasteiger partial charge in [-0.15, -0.1) is 0 Å². The van der Waals surface area contributed by atoms with E-state index in [2.05, 4.69) is 46.6 Å². The molecule has 2 aliphatic rings. The highest BCUT2D eigenvalue weighted by Crippen LogP contribution is 2.31. The molecule has 4 rings (SSSR count). The van der Waals surface area contributed by atoms with Gasteiger partial charge in [0.05, 0.1) is 0 Å². The molecule has 0 radical (unpaired) electrons. The highest BCUT2D eigenvalue weighted by molar-refractivity contribution is 6.01. The zero-order valence-corrected chi connectivity index (χ0v) is 13.1. The molecule has 3 nitrogen and oxygen atoms in total. The number of rotatable bonds is 2. The smallest absolute Gasteiger partial charge is 0.252 e. The Hall–Kier alpha value is -2.39. The first-order chi connectivity index (χ1) is 11.3. The molecule has 0 fully saturated rings. The van der Waals surface area contributed by atoms with Crippen LogP contribution in [-0.2, 0) is 6.54 Å². The first kappa shape index (κ1) is 14.2. The first-order valence-corrected chi connectivity index (χ1v) is 8.16. The summed E-state index contributed by atoms with van der Waals surface area (Å²) >= 11 is 0. The molecular weight excluding hydrogens is 284 g/mol. The third kappa shape index (κ3) is 2.80. The lowest BCUT2D eigenvalue weighted by molar-refractivity contribution is 0.0957. The molecule has 116 valence electrons. The molecule has 0 spiro atoms. The van der Waals surface area contributed by atoms with Crippen LogP contribution in [-0.4, -0.2) is 30.4 Å². The van der Waals surface area contributed by atoms with E-state index >= 15 is 0 Å². The van der Waals surface area contributed by atoms with Crippen molar-refractivity contribution in [2.45, 2.75) is 13.0 Å². The summed E-state index contributed by atoms with van der Waals surface area (Å²) in [6.07, 6.45) is 1.01. The van der Waals surface area contributed by atoms with Crippen LogP contribution in [0.1, 0.15) is 27.9 Å². The van der Waals surface area contributed by atoms with Crippen LogP contribution in [0, 0.1) is 0 Å².